The van der Waals surface area contributed by atoms with E-state index in [1.54, 1.807) is 4.90 Å². The summed E-state index contributed by atoms with van der Waals surface area (Å²) in [6.07, 6.45) is 0. The molecule has 0 N–H and O–H groups in total. The van der Waals surface area contributed by atoms with Crippen LogP contribution in [0.25, 0.3) is 0 Å². The van der Waals surface area contributed by atoms with E-state index in [2.05, 4.69) is 24.0 Å². The zero-order valence-electron chi connectivity index (χ0n) is 9.23. The van der Waals surface area contributed by atoms with E-state index in [4.69, 9.17) is 0 Å². The van der Waals surface area contributed by atoms with Gasteiger partial charge in [-0.15, -0.1) is 0 Å². The molecule has 15 heavy (non-hydrogen) atoms. The van der Waals surface area contributed by atoms with Crippen LogP contribution in [0.15, 0.2) is 24.3 Å². The number of hydrogen-bond acceptors (Lipinski definition) is 2. The lowest BCUT2D eigenvalue weighted by Gasteiger charge is -2.15. The summed E-state index contributed by atoms with van der Waals surface area (Å²) in [4.78, 5) is 15.3. The SMILES string of the molecule is Cc1ccccc1CN1CC(=O)N(C)C1. The fourth-order valence-electron chi connectivity index (χ4n) is 1.88. The Morgan fingerprint density at radius 2 is 2.07 bits per heavy atom. The lowest BCUT2D eigenvalue weighted by atomic mass is 10.1. The Labute approximate surface area is 90.3 Å². The lowest BCUT2D eigenvalue weighted by Crippen LogP contribution is -2.23. The smallest absolute Gasteiger partial charge is 0.237 e. The van der Waals surface area contributed by atoms with Crippen molar-refractivity contribution < 1.29 is 4.79 Å². The van der Waals surface area contributed by atoms with Crippen LogP contribution in [0.3, 0.4) is 0 Å². The maximum atomic E-state index is 11.3. The van der Waals surface area contributed by atoms with Gasteiger partial charge in [0.25, 0.3) is 0 Å². The number of carbonyl (C=O) groups excluding carboxylic acids is 1. The van der Waals surface area contributed by atoms with Gasteiger partial charge in [-0.1, -0.05) is 24.3 Å². The molecule has 0 radical (unpaired) electrons. The first kappa shape index (κ1) is 10.2. The largest absolute Gasteiger partial charge is 0.332 e. The molecule has 0 unspecified atom stereocenters. The molecule has 2 rings (SSSR count). The number of nitrogens with zero attached hydrogens (tertiary/aromatic N) is 2. The van der Waals surface area contributed by atoms with Crippen LogP contribution in [0.2, 0.25) is 0 Å². The van der Waals surface area contributed by atoms with Gasteiger partial charge in [-0.25, -0.2) is 0 Å². The normalized spacial score (nSPS) is 17.5. The van der Waals surface area contributed by atoms with E-state index in [0.717, 1.165) is 13.2 Å². The highest BCUT2D eigenvalue weighted by atomic mass is 16.2. The van der Waals surface area contributed by atoms with Crippen LogP contribution in [0.5, 0.6) is 0 Å². The van der Waals surface area contributed by atoms with Crippen LogP contribution in [-0.2, 0) is 11.3 Å². The molecule has 1 amide bonds. The van der Waals surface area contributed by atoms with E-state index in [1.165, 1.54) is 11.1 Å². The van der Waals surface area contributed by atoms with Crippen LogP contribution < -0.4 is 0 Å². The maximum absolute atomic E-state index is 11.3. The lowest BCUT2D eigenvalue weighted by molar-refractivity contribution is -0.125. The third kappa shape index (κ3) is 2.18. The topological polar surface area (TPSA) is 23.6 Å². The Hall–Kier alpha value is -1.35. The van der Waals surface area contributed by atoms with Gasteiger partial charge in [0, 0.05) is 13.6 Å². The van der Waals surface area contributed by atoms with Gasteiger partial charge in [0.1, 0.15) is 0 Å². The Morgan fingerprint density at radius 1 is 1.33 bits per heavy atom. The molecule has 0 bridgehead atoms. The van der Waals surface area contributed by atoms with Gasteiger partial charge in [0.05, 0.1) is 13.2 Å². The Morgan fingerprint density at radius 3 is 2.67 bits per heavy atom. The van der Waals surface area contributed by atoms with Crippen molar-refractivity contribution in [1.29, 1.82) is 0 Å². The second-order valence-electron chi connectivity index (χ2n) is 4.15. The number of benzene rings is 1. The highest BCUT2D eigenvalue weighted by molar-refractivity contribution is 5.79. The average molecular weight is 204 g/mol. The molecule has 80 valence electrons. The van der Waals surface area contributed by atoms with Gasteiger partial charge in [-0.05, 0) is 18.1 Å². The Kier molecular flexibility index (Phi) is 2.73. The molecule has 1 aliphatic heterocycles. The zero-order valence-corrected chi connectivity index (χ0v) is 9.23. The molecule has 0 spiro atoms. The van der Waals surface area contributed by atoms with E-state index >= 15 is 0 Å². The van der Waals surface area contributed by atoms with Gasteiger partial charge in [0.2, 0.25) is 5.91 Å². The van der Waals surface area contributed by atoms with Crippen LogP contribution in [0.1, 0.15) is 11.1 Å². The van der Waals surface area contributed by atoms with E-state index < -0.39 is 0 Å². The monoisotopic (exact) mass is 204 g/mol. The van der Waals surface area contributed by atoms with E-state index in [0.29, 0.717) is 6.54 Å². The molecule has 1 aromatic rings. The van der Waals surface area contributed by atoms with Crippen molar-refractivity contribution in [2.75, 3.05) is 20.3 Å². The van der Waals surface area contributed by atoms with Crippen molar-refractivity contribution in [1.82, 2.24) is 9.80 Å². The van der Waals surface area contributed by atoms with Crippen LogP contribution in [0.4, 0.5) is 0 Å². The number of rotatable bonds is 2. The highest BCUT2D eigenvalue weighted by Gasteiger charge is 2.23. The number of carbonyl (C=O) groups is 1. The average Bonchev–Trinajstić information content (AvgIpc) is 2.50. The Balaban J connectivity index is 2.05. The number of amides is 1. The van der Waals surface area contributed by atoms with Gasteiger partial charge in [-0.2, -0.15) is 0 Å². The van der Waals surface area contributed by atoms with Crippen molar-refractivity contribution in [3.05, 3.63) is 35.4 Å². The summed E-state index contributed by atoms with van der Waals surface area (Å²) in [6.45, 7) is 4.26. The molecule has 0 aliphatic carbocycles. The first-order chi connectivity index (χ1) is 7.16. The van der Waals surface area contributed by atoms with E-state index in [1.807, 2.05) is 19.2 Å². The van der Waals surface area contributed by atoms with Crippen LogP contribution >= 0.6 is 0 Å². The van der Waals surface area contributed by atoms with Crippen LogP contribution in [0, 0.1) is 6.92 Å². The van der Waals surface area contributed by atoms with Gasteiger partial charge < -0.3 is 4.90 Å². The molecular weight excluding hydrogens is 188 g/mol. The quantitative estimate of drug-likeness (QED) is 0.723. The molecule has 0 aromatic heterocycles. The van der Waals surface area contributed by atoms with E-state index in [-0.39, 0.29) is 5.91 Å². The third-order valence-corrected chi connectivity index (χ3v) is 2.85. The summed E-state index contributed by atoms with van der Waals surface area (Å²) in [5.74, 6) is 0.212. The predicted octanol–water partition coefficient (Wildman–Crippen LogP) is 1.23. The zero-order chi connectivity index (χ0) is 10.8. The standard InChI is InChI=1S/C12H16N2O/c1-10-5-3-4-6-11(10)7-14-8-12(15)13(2)9-14/h3-6H,7-9H2,1-2H3. The van der Waals surface area contributed by atoms with Gasteiger partial charge in [-0.3, -0.25) is 9.69 Å². The summed E-state index contributed by atoms with van der Waals surface area (Å²) < 4.78 is 0. The summed E-state index contributed by atoms with van der Waals surface area (Å²) in [5, 5.41) is 0. The van der Waals surface area contributed by atoms with Crippen LogP contribution in [-0.4, -0.2) is 36.0 Å². The molecule has 1 aromatic carbocycles. The van der Waals surface area contributed by atoms with Crippen molar-refractivity contribution in [3.8, 4) is 0 Å². The molecule has 0 atom stereocenters. The van der Waals surface area contributed by atoms with Crippen molar-refractivity contribution in [3.63, 3.8) is 0 Å². The molecule has 0 saturated carbocycles. The number of hydrogen-bond donors (Lipinski definition) is 0. The second-order valence-corrected chi connectivity index (χ2v) is 4.15. The fourth-order valence-corrected chi connectivity index (χ4v) is 1.88. The molecular formula is C12H16N2O. The molecule has 1 fully saturated rings. The number of likely N-dealkylation sites (N-methyl/N-ethyl adjacent to an activating group) is 1. The summed E-state index contributed by atoms with van der Waals surface area (Å²) >= 11 is 0. The highest BCUT2D eigenvalue weighted by Crippen LogP contribution is 2.13. The summed E-state index contributed by atoms with van der Waals surface area (Å²) in [5.41, 5.74) is 2.60. The van der Waals surface area contributed by atoms with Gasteiger partial charge in [0.15, 0.2) is 0 Å². The molecule has 1 aliphatic rings. The third-order valence-electron chi connectivity index (χ3n) is 2.85. The first-order valence-corrected chi connectivity index (χ1v) is 5.17. The molecule has 3 heteroatoms. The van der Waals surface area contributed by atoms with E-state index in [9.17, 15) is 4.79 Å². The summed E-state index contributed by atoms with van der Waals surface area (Å²) in [7, 11) is 1.85. The predicted molar refractivity (Wildman–Crippen MR) is 59.2 cm³/mol. The maximum Gasteiger partial charge on any atom is 0.237 e. The Bertz CT molecular complexity index is 376. The molecule has 3 nitrogen and oxygen atoms in total. The minimum absolute atomic E-state index is 0.212. The minimum Gasteiger partial charge on any atom is -0.332 e. The minimum atomic E-state index is 0.212. The van der Waals surface area contributed by atoms with Gasteiger partial charge >= 0.3 is 0 Å². The first-order valence-electron chi connectivity index (χ1n) is 5.17. The molecule has 1 heterocycles. The number of aryl methyl sites for hydroxylation is 1. The van der Waals surface area contributed by atoms with Crippen molar-refractivity contribution >= 4 is 5.91 Å². The molecule has 1 saturated heterocycles. The summed E-state index contributed by atoms with van der Waals surface area (Å²) in [6, 6.07) is 8.32. The fraction of sp³-hybridized carbons (Fsp3) is 0.417. The van der Waals surface area contributed by atoms with Crippen molar-refractivity contribution in [2.24, 2.45) is 0 Å². The van der Waals surface area contributed by atoms with Crippen molar-refractivity contribution in [2.45, 2.75) is 13.5 Å². The second kappa shape index (κ2) is 4.03.